The van der Waals surface area contributed by atoms with E-state index in [1.54, 1.807) is 0 Å². The van der Waals surface area contributed by atoms with Crippen molar-refractivity contribution in [2.24, 2.45) is 10.3 Å². The highest BCUT2D eigenvalue weighted by Crippen LogP contribution is 2.19. The molecule has 83 valence electrons. The molecule has 7 nitrogen and oxygen atoms in total. The summed E-state index contributed by atoms with van der Waals surface area (Å²) in [4.78, 5) is -0.918. The van der Waals surface area contributed by atoms with Crippen molar-refractivity contribution in [3.8, 4) is 0 Å². The van der Waals surface area contributed by atoms with Gasteiger partial charge in [0.15, 0.2) is 0 Å². The highest BCUT2D eigenvalue weighted by Gasteiger charge is 2.15. The predicted octanol–water partition coefficient (Wildman–Crippen LogP) is -1.10. The molecule has 0 aliphatic rings. The van der Waals surface area contributed by atoms with E-state index < -0.39 is 29.8 Å². The van der Waals surface area contributed by atoms with Crippen LogP contribution in [0.15, 0.2) is 28.0 Å². The molecular weight excluding hydrogens is 242 g/mol. The van der Waals surface area contributed by atoms with E-state index in [4.69, 9.17) is 16.0 Å². The van der Waals surface area contributed by atoms with Crippen molar-refractivity contribution in [2.75, 3.05) is 0 Å². The average molecular weight is 250 g/mol. The van der Waals surface area contributed by atoms with Gasteiger partial charge in [-0.2, -0.15) is 0 Å². The van der Waals surface area contributed by atoms with Crippen LogP contribution >= 0.6 is 0 Å². The number of hydrogen-bond donors (Lipinski definition) is 2. The largest absolute Gasteiger partial charge is 0.301 e. The smallest absolute Gasteiger partial charge is 0.238 e. The van der Waals surface area contributed by atoms with Crippen molar-refractivity contribution in [3.05, 3.63) is 18.2 Å². The van der Waals surface area contributed by atoms with Crippen LogP contribution in [-0.2, 0) is 20.0 Å². The fourth-order valence-electron chi connectivity index (χ4n) is 0.900. The Morgan fingerprint density at radius 3 is 1.47 bits per heavy atom. The van der Waals surface area contributed by atoms with E-state index in [1.807, 2.05) is 0 Å². The van der Waals surface area contributed by atoms with Crippen LogP contribution < -0.4 is 16.0 Å². The summed E-state index contributed by atoms with van der Waals surface area (Å²) < 4.78 is 43.7. The molecular formula is C6H8N3O4S2. The van der Waals surface area contributed by atoms with Gasteiger partial charge in [0.25, 0.3) is 0 Å². The summed E-state index contributed by atoms with van der Waals surface area (Å²) in [5.41, 5.74) is 6.90. The first-order chi connectivity index (χ1) is 6.60. The standard InChI is InChI=1S/C6H8N3O4S2/c7-4-1-5(14(8,10)11)3-6(2-4)15(9,12)13/h1-3,7H,(H2,8,10,11)(H2,9,12,13). The quantitative estimate of drug-likeness (QED) is 0.685. The normalized spacial score (nSPS) is 12.7. The summed E-state index contributed by atoms with van der Waals surface area (Å²) in [6.07, 6.45) is 0. The van der Waals surface area contributed by atoms with E-state index in [-0.39, 0.29) is 5.69 Å². The van der Waals surface area contributed by atoms with Crippen molar-refractivity contribution in [1.29, 1.82) is 0 Å². The van der Waals surface area contributed by atoms with Crippen LogP contribution in [0.25, 0.3) is 0 Å². The van der Waals surface area contributed by atoms with Gasteiger partial charge in [0, 0.05) is 0 Å². The number of sulfonamides is 2. The second-order valence-corrected chi connectivity index (χ2v) is 5.91. The molecule has 0 fully saturated rings. The predicted molar refractivity (Wildman–Crippen MR) is 51.9 cm³/mol. The third-order valence-electron chi connectivity index (χ3n) is 1.54. The van der Waals surface area contributed by atoms with E-state index in [1.165, 1.54) is 0 Å². The first kappa shape index (κ1) is 11.9. The van der Waals surface area contributed by atoms with E-state index >= 15 is 0 Å². The first-order valence-electron chi connectivity index (χ1n) is 3.53. The van der Waals surface area contributed by atoms with Crippen LogP contribution in [0.2, 0.25) is 0 Å². The molecule has 1 aromatic rings. The minimum atomic E-state index is -4.05. The molecule has 0 atom stereocenters. The number of hydrogen-bond acceptors (Lipinski definition) is 4. The molecule has 1 radical (unpaired) electrons. The van der Waals surface area contributed by atoms with Gasteiger partial charge in [0.2, 0.25) is 20.0 Å². The molecule has 0 saturated carbocycles. The molecule has 9 heteroatoms. The SMILES string of the molecule is [NH]c1cc(S(N)(=O)=O)cc(S(N)(=O)=O)c1. The molecule has 1 rings (SSSR count). The fraction of sp³-hybridized carbons (Fsp3) is 0. The lowest BCUT2D eigenvalue weighted by Crippen LogP contribution is -2.16. The Labute approximate surface area is 87.0 Å². The van der Waals surface area contributed by atoms with Crippen LogP contribution in [0, 0.1) is 0 Å². The van der Waals surface area contributed by atoms with Crippen molar-refractivity contribution in [1.82, 2.24) is 5.73 Å². The van der Waals surface area contributed by atoms with Gasteiger partial charge in [-0.25, -0.2) is 27.1 Å². The molecule has 0 aliphatic carbocycles. The first-order valence-corrected chi connectivity index (χ1v) is 6.62. The fourth-order valence-corrected chi connectivity index (χ4v) is 2.14. The van der Waals surface area contributed by atoms with Crippen LogP contribution in [-0.4, -0.2) is 16.8 Å². The summed E-state index contributed by atoms with van der Waals surface area (Å²) in [7, 11) is -8.10. The van der Waals surface area contributed by atoms with E-state index in [2.05, 4.69) is 0 Å². The Morgan fingerprint density at radius 1 is 0.867 bits per heavy atom. The molecule has 0 bridgehead atoms. The number of nitrogens with one attached hydrogen (secondary N) is 1. The van der Waals surface area contributed by atoms with Crippen LogP contribution in [0.1, 0.15) is 0 Å². The lowest BCUT2D eigenvalue weighted by atomic mass is 10.3. The molecule has 0 unspecified atom stereocenters. The third-order valence-corrected chi connectivity index (χ3v) is 3.32. The molecule has 0 spiro atoms. The van der Waals surface area contributed by atoms with E-state index in [0.29, 0.717) is 0 Å². The van der Waals surface area contributed by atoms with Gasteiger partial charge in [0.1, 0.15) is 0 Å². The lowest BCUT2D eigenvalue weighted by Gasteiger charge is -2.03. The van der Waals surface area contributed by atoms with Gasteiger partial charge in [-0.15, -0.1) is 0 Å². The Bertz CT molecular complexity index is 541. The third kappa shape index (κ3) is 2.89. The van der Waals surface area contributed by atoms with Gasteiger partial charge in [-0.1, -0.05) is 0 Å². The second-order valence-electron chi connectivity index (χ2n) is 2.78. The minimum Gasteiger partial charge on any atom is -0.301 e. The van der Waals surface area contributed by atoms with Crippen LogP contribution in [0.4, 0.5) is 5.69 Å². The van der Waals surface area contributed by atoms with Crippen LogP contribution in [0.5, 0.6) is 0 Å². The zero-order chi connectivity index (χ0) is 11.9. The van der Waals surface area contributed by atoms with E-state index in [9.17, 15) is 16.8 Å². The van der Waals surface area contributed by atoms with Gasteiger partial charge >= 0.3 is 0 Å². The van der Waals surface area contributed by atoms with Crippen molar-refractivity contribution >= 4 is 25.7 Å². The molecule has 0 saturated heterocycles. The summed E-state index contributed by atoms with van der Waals surface area (Å²) in [6.45, 7) is 0. The molecule has 1 aromatic carbocycles. The molecule has 0 heterocycles. The van der Waals surface area contributed by atoms with Crippen molar-refractivity contribution in [3.63, 3.8) is 0 Å². The van der Waals surface area contributed by atoms with Crippen molar-refractivity contribution in [2.45, 2.75) is 9.79 Å². The van der Waals surface area contributed by atoms with Gasteiger partial charge < -0.3 is 5.73 Å². The van der Waals surface area contributed by atoms with E-state index in [0.717, 1.165) is 18.2 Å². The summed E-state index contributed by atoms with van der Waals surface area (Å²) >= 11 is 0. The highest BCUT2D eigenvalue weighted by molar-refractivity contribution is 7.90. The topological polar surface area (TPSA) is 144 Å². The molecule has 0 amide bonds. The number of nitrogens with two attached hydrogens (primary N) is 2. The Morgan fingerprint density at radius 2 is 1.20 bits per heavy atom. The molecule has 0 aliphatic heterocycles. The Balaban J connectivity index is 3.57. The van der Waals surface area contributed by atoms with Gasteiger partial charge in [-0.3, -0.25) is 0 Å². The monoisotopic (exact) mass is 250 g/mol. The van der Waals surface area contributed by atoms with Gasteiger partial charge in [0.05, 0.1) is 15.5 Å². The average Bonchev–Trinajstić information content (AvgIpc) is 1.99. The zero-order valence-electron chi connectivity index (χ0n) is 7.34. The molecule has 15 heavy (non-hydrogen) atoms. The lowest BCUT2D eigenvalue weighted by molar-refractivity contribution is 0.596. The second kappa shape index (κ2) is 3.45. The van der Waals surface area contributed by atoms with Crippen LogP contribution in [0.3, 0.4) is 0 Å². The molecule has 5 N–H and O–H groups in total. The summed E-state index contributed by atoms with van der Waals surface area (Å²) in [5, 5.41) is 9.58. The maximum Gasteiger partial charge on any atom is 0.238 e. The zero-order valence-corrected chi connectivity index (χ0v) is 8.97. The number of benzene rings is 1. The summed E-state index contributed by atoms with van der Waals surface area (Å²) in [6, 6.07) is 2.68. The number of rotatable bonds is 2. The minimum absolute atomic E-state index is 0.300. The van der Waals surface area contributed by atoms with Gasteiger partial charge in [-0.05, 0) is 18.2 Å². The Kier molecular flexibility index (Phi) is 2.74. The summed E-state index contributed by atoms with van der Waals surface area (Å²) in [5.74, 6) is 0. The maximum atomic E-state index is 10.9. The maximum absolute atomic E-state index is 10.9. The van der Waals surface area contributed by atoms with Crippen molar-refractivity contribution < 1.29 is 16.8 Å². The highest BCUT2D eigenvalue weighted by atomic mass is 32.2. The molecule has 0 aromatic heterocycles. The Hall–Kier alpha value is -1.16. The number of primary sulfonamides is 2.